The van der Waals surface area contributed by atoms with Crippen molar-refractivity contribution in [2.45, 2.75) is 20.4 Å². The van der Waals surface area contributed by atoms with Crippen LogP contribution in [0.25, 0.3) is 0 Å². The van der Waals surface area contributed by atoms with Gasteiger partial charge in [-0.3, -0.25) is 0 Å². The van der Waals surface area contributed by atoms with Crippen LogP contribution in [0, 0.1) is 6.92 Å². The molecule has 1 aromatic heterocycles. The fraction of sp³-hybridized carbons (Fsp3) is 0.583. The predicted octanol–water partition coefficient (Wildman–Crippen LogP) is 1.52. The molecule has 16 heavy (non-hydrogen) atoms. The molecule has 0 aromatic carbocycles. The molecule has 4 nitrogen and oxygen atoms in total. The SMILES string of the molecule is CCOCCOc1cc(CNC)cc(C)n1. The Morgan fingerprint density at radius 2 is 2.12 bits per heavy atom. The Hall–Kier alpha value is -1.13. The van der Waals surface area contributed by atoms with Crippen LogP contribution < -0.4 is 10.1 Å². The number of ether oxygens (including phenoxy) is 2. The summed E-state index contributed by atoms with van der Waals surface area (Å²) in [5, 5.41) is 3.11. The largest absolute Gasteiger partial charge is 0.475 e. The van der Waals surface area contributed by atoms with Gasteiger partial charge in [0.25, 0.3) is 0 Å². The summed E-state index contributed by atoms with van der Waals surface area (Å²) in [5.74, 6) is 0.671. The highest BCUT2D eigenvalue weighted by molar-refractivity contribution is 5.24. The van der Waals surface area contributed by atoms with Gasteiger partial charge in [0.05, 0.1) is 6.61 Å². The van der Waals surface area contributed by atoms with Crippen molar-refractivity contribution in [3.05, 3.63) is 23.4 Å². The lowest BCUT2D eigenvalue weighted by molar-refractivity contribution is 0.108. The van der Waals surface area contributed by atoms with Gasteiger partial charge < -0.3 is 14.8 Å². The molecule has 0 aliphatic heterocycles. The number of aromatic nitrogens is 1. The summed E-state index contributed by atoms with van der Waals surface area (Å²) in [6, 6.07) is 4.00. The van der Waals surface area contributed by atoms with Gasteiger partial charge in [-0.1, -0.05) is 0 Å². The summed E-state index contributed by atoms with van der Waals surface area (Å²) in [5.41, 5.74) is 2.15. The molecule has 1 heterocycles. The number of pyridine rings is 1. The summed E-state index contributed by atoms with van der Waals surface area (Å²) in [4.78, 5) is 4.31. The number of nitrogens with zero attached hydrogens (tertiary/aromatic N) is 1. The van der Waals surface area contributed by atoms with Crippen LogP contribution in [-0.2, 0) is 11.3 Å². The van der Waals surface area contributed by atoms with Crippen LogP contribution in [0.3, 0.4) is 0 Å². The molecule has 90 valence electrons. The second-order valence-corrected chi connectivity index (χ2v) is 3.53. The van der Waals surface area contributed by atoms with Gasteiger partial charge in [-0.2, -0.15) is 0 Å². The Morgan fingerprint density at radius 3 is 2.81 bits per heavy atom. The number of hydrogen-bond donors (Lipinski definition) is 1. The van der Waals surface area contributed by atoms with E-state index < -0.39 is 0 Å². The minimum Gasteiger partial charge on any atom is -0.475 e. The van der Waals surface area contributed by atoms with E-state index in [2.05, 4.69) is 10.3 Å². The van der Waals surface area contributed by atoms with Crippen molar-refractivity contribution < 1.29 is 9.47 Å². The molecular weight excluding hydrogens is 204 g/mol. The molecule has 0 radical (unpaired) electrons. The van der Waals surface area contributed by atoms with Crippen LogP contribution in [0.4, 0.5) is 0 Å². The van der Waals surface area contributed by atoms with E-state index in [4.69, 9.17) is 9.47 Å². The van der Waals surface area contributed by atoms with E-state index in [-0.39, 0.29) is 0 Å². The monoisotopic (exact) mass is 224 g/mol. The van der Waals surface area contributed by atoms with Crippen LogP contribution in [0.5, 0.6) is 5.88 Å². The first-order valence-electron chi connectivity index (χ1n) is 5.59. The Kier molecular flexibility index (Phi) is 5.82. The smallest absolute Gasteiger partial charge is 0.213 e. The summed E-state index contributed by atoms with van der Waals surface area (Å²) in [6.07, 6.45) is 0. The zero-order valence-corrected chi connectivity index (χ0v) is 10.2. The normalized spacial score (nSPS) is 10.4. The third-order valence-electron chi connectivity index (χ3n) is 2.05. The van der Waals surface area contributed by atoms with Gasteiger partial charge in [0.15, 0.2) is 0 Å². The van der Waals surface area contributed by atoms with Crippen LogP contribution >= 0.6 is 0 Å². The molecule has 0 spiro atoms. The van der Waals surface area contributed by atoms with Gasteiger partial charge >= 0.3 is 0 Å². The summed E-state index contributed by atoms with van der Waals surface area (Å²) >= 11 is 0. The first-order valence-corrected chi connectivity index (χ1v) is 5.59. The van der Waals surface area contributed by atoms with E-state index >= 15 is 0 Å². The quantitative estimate of drug-likeness (QED) is 0.713. The van der Waals surface area contributed by atoms with Crippen LogP contribution in [-0.4, -0.2) is 31.9 Å². The molecule has 0 bridgehead atoms. The molecule has 4 heteroatoms. The lowest BCUT2D eigenvalue weighted by atomic mass is 10.2. The molecule has 0 saturated carbocycles. The fourth-order valence-electron chi connectivity index (χ4n) is 1.44. The molecular formula is C12H20N2O2. The highest BCUT2D eigenvalue weighted by atomic mass is 16.5. The second-order valence-electron chi connectivity index (χ2n) is 3.53. The minimum absolute atomic E-state index is 0.545. The molecule has 1 rings (SSSR count). The van der Waals surface area contributed by atoms with Gasteiger partial charge in [-0.25, -0.2) is 4.98 Å². The lowest BCUT2D eigenvalue weighted by Gasteiger charge is -2.08. The van der Waals surface area contributed by atoms with Crippen molar-refractivity contribution in [2.75, 3.05) is 26.9 Å². The van der Waals surface area contributed by atoms with Gasteiger partial charge in [0.2, 0.25) is 5.88 Å². The van der Waals surface area contributed by atoms with Crippen molar-refractivity contribution in [2.24, 2.45) is 0 Å². The van der Waals surface area contributed by atoms with E-state index in [0.717, 1.165) is 18.8 Å². The summed E-state index contributed by atoms with van der Waals surface area (Å²) in [7, 11) is 1.92. The van der Waals surface area contributed by atoms with Crippen molar-refractivity contribution in [3.8, 4) is 5.88 Å². The molecule has 0 atom stereocenters. The molecule has 0 saturated heterocycles. The number of aryl methyl sites for hydroxylation is 1. The predicted molar refractivity (Wildman–Crippen MR) is 63.7 cm³/mol. The Labute approximate surface area is 97.0 Å². The maximum absolute atomic E-state index is 5.51. The molecule has 1 aromatic rings. The molecule has 0 amide bonds. The van der Waals surface area contributed by atoms with Gasteiger partial charge in [0.1, 0.15) is 6.61 Å². The Morgan fingerprint density at radius 1 is 1.31 bits per heavy atom. The van der Waals surface area contributed by atoms with Crippen LogP contribution in [0.1, 0.15) is 18.2 Å². The average molecular weight is 224 g/mol. The van der Waals surface area contributed by atoms with E-state index in [9.17, 15) is 0 Å². The summed E-state index contributed by atoms with van der Waals surface area (Å²) in [6.45, 7) is 6.63. The maximum atomic E-state index is 5.51. The first-order chi connectivity index (χ1) is 7.76. The number of nitrogens with one attached hydrogen (secondary N) is 1. The van der Waals surface area contributed by atoms with E-state index in [1.54, 1.807) is 0 Å². The van der Waals surface area contributed by atoms with Crippen molar-refractivity contribution in [1.82, 2.24) is 10.3 Å². The third-order valence-corrected chi connectivity index (χ3v) is 2.05. The van der Waals surface area contributed by atoms with Gasteiger partial charge in [-0.15, -0.1) is 0 Å². The molecule has 0 fully saturated rings. The minimum atomic E-state index is 0.545. The zero-order chi connectivity index (χ0) is 11.8. The number of rotatable bonds is 7. The van der Waals surface area contributed by atoms with Crippen LogP contribution in [0.15, 0.2) is 12.1 Å². The lowest BCUT2D eigenvalue weighted by Crippen LogP contribution is -2.09. The summed E-state index contributed by atoms with van der Waals surface area (Å²) < 4.78 is 10.7. The van der Waals surface area contributed by atoms with Gasteiger partial charge in [-0.05, 0) is 32.5 Å². The Bertz CT molecular complexity index is 316. The topological polar surface area (TPSA) is 43.4 Å². The highest BCUT2D eigenvalue weighted by Crippen LogP contribution is 2.12. The average Bonchev–Trinajstić information content (AvgIpc) is 2.24. The highest BCUT2D eigenvalue weighted by Gasteiger charge is 2.00. The van der Waals surface area contributed by atoms with E-state index in [1.807, 2.05) is 33.0 Å². The Balaban J connectivity index is 2.51. The van der Waals surface area contributed by atoms with E-state index in [1.165, 1.54) is 5.56 Å². The first kappa shape index (κ1) is 12.9. The second kappa shape index (κ2) is 7.19. The van der Waals surface area contributed by atoms with E-state index in [0.29, 0.717) is 19.1 Å². The number of hydrogen-bond acceptors (Lipinski definition) is 4. The molecule has 1 N–H and O–H groups in total. The van der Waals surface area contributed by atoms with Crippen molar-refractivity contribution in [1.29, 1.82) is 0 Å². The molecule has 0 aliphatic carbocycles. The standard InChI is InChI=1S/C12H20N2O2/c1-4-15-5-6-16-12-8-11(9-13-3)7-10(2)14-12/h7-8,13H,4-6,9H2,1-3H3. The van der Waals surface area contributed by atoms with Gasteiger partial charge in [0, 0.05) is 24.9 Å². The van der Waals surface area contributed by atoms with Crippen LogP contribution in [0.2, 0.25) is 0 Å². The molecule has 0 aliphatic rings. The maximum Gasteiger partial charge on any atom is 0.213 e. The zero-order valence-electron chi connectivity index (χ0n) is 10.2. The van der Waals surface area contributed by atoms with Crippen molar-refractivity contribution in [3.63, 3.8) is 0 Å². The third kappa shape index (κ3) is 4.59. The fourth-order valence-corrected chi connectivity index (χ4v) is 1.44. The molecule has 0 unspecified atom stereocenters. The van der Waals surface area contributed by atoms with Crippen molar-refractivity contribution >= 4 is 0 Å².